The van der Waals surface area contributed by atoms with E-state index in [0.717, 1.165) is 60.6 Å². The zero-order valence-electron chi connectivity index (χ0n) is 17.8. The van der Waals surface area contributed by atoms with Gasteiger partial charge in [-0.2, -0.15) is 0 Å². The molecule has 1 fully saturated rings. The van der Waals surface area contributed by atoms with E-state index in [1.807, 2.05) is 30.3 Å². The lowest BCUT2D eigenvalue weighted by Gasteiger charge is -2.35. The number of hydrogen-bond acceptors (Lipinski definition) is 8. The normalized spacial score (nSPS) is 14.5. The molecule has 2 aromatic heterocycles. The van der Waals surface area contributed by atoms with Crippen molar-refractivity contribution in [2.24, 2.45) is 0 Å². The van der Waals surface area contributed by atoms with Gasteiger partial charge in [-0.25, -0.2) is 14.8 Å². The van der Waals surface area contributed by atoms with Crippen LogP contribution in [0.4, 0.5) is 5.82 Å². The number of nitrogens with zero attached hydrogens (tertiary/aromatic N) is 4. The summed E-state index contributed by atoms with van der Waals surface area (Å²) in [6, 6.07) is 11.7. The smallest absolute Gasteiger partial charge is 0.339 e. The number of anilines is 1. The number of piperazine rings is 1. The third-order valence-electron chi connectivity index (χ3n) is 5.23. The van der Waals surface area contributed by atoms with Crippen LogP contribution in [0, 0.1) is 0 Å². The van der Waals surface area contributed by atoms with Gasteiger partial charge in [-0.1, -0.05) is 0 Å². The highest BCUT2D eigenvalue weighted by molar-refractivity contribution is 7.13. The first kappa shape index (κ1) is 21.3. The number of ether oxygens (including phenoxy) is 2. The lowest BCUT2D eigenvalue weighted by atomic mass is 10.2. The third-order valence-corrected chi connectivity index (χ3v) is 6.17. The van der Waals surface area contributed by atoms with Gasteiger partial charge in [0.1, 0.15) is 16.6 Å². The van der Waals surface area contributed by atoms with E-state index >= 15 is 0 Å². The number of rotatable bonds is 7. The number of thiazole rings is 1. The van der Waals surface area contributed by atoms with Gasteiger partial charge in [-0.05, 0) is 43.3 Å². The monoisotopic (exact) mass is 438 g/mol. The number of pyridine rings is 1. The molecule has 3 heterocycles. The summed E-state index contributed by atoms with van der Waals surface area (Å²) in [6.45, 7) is 6.67. The van der Waals surface area contributed by atoms with Gasteiger partial charge in [0.2, 0.25) is 0 Å². The Hall–Kier alpha value is -2.97. The standard InChI is InChI=1S/C23H26N4O3S/c1-3-30-23(28)18-6-9-21(24-14-18)27-12-10-26(11-13-27)15-19-16-31-22(25-19)17-4-7-20(29-2)8-5-17/h4-9,14,16H,3,10-13,15H2,1-2H3. The molecule has 1 aromatic carbocycles. The molecule has 31 heavy (non-hydrogen) atoms. The second-order valence-electron chi connectivity index (χ2n) is 7.26. The third kappa shape index (κ3) is 5.21. The quantitative estimate of drug-likeness (QED) is 0.521. The molecular formula is C23H26N4O3S. The van der Waals surface area contributed by atoms with Crippen molar-refractivity contribution in [1.29, 1.82) is 0 Å². The fraction of sp³-hybridized carbons (Fsp3) is 0.348. The van der Waals surface area contributed by atoms with E-state index in [1.165, 1.54) is 0 Å². The van der Waals surface area contributed by atoms with Gasteiger partial charge in [0.05, 0.1) is 25.0 Å². The zero-order valence-corrected chi connectivity index (χ0v) is 18.6. The highest BCUT2D eigenvalue weighted by atomic mass is 32.1. The van der Waals surface area contributed by atoms with Crippen LogP contribution in [0.2, 0.25) is 0 Å². The van der Waals surface area contributed by atoms with Crippen LogP contribution in [-0.4, -0.2) is 60.7 Å². The van der Waals surface area contributed by atoms with Gasteiger partial charge in [0.15, 0.2) is 0 Å². The SMILES string of the molecule is CCOC(=O)c1ccc(N2CCN(Cc3csc(-c4ccc(OC)cc4)n3)CC2)nc1. The molecule has 0 aliphatic carbocycles. The summed E-state index contributed by atoms with van der Waals surface area (Å²) < 4.78 is 10.2. The second-order valence-corrected chi connectivity index (χ2v) is 8.12. The Morgan fingerprint density at radius 3 is 2.52 bits per heavy atom. The molecule has 3 aromatic rings. The average Bonchev–Trinajstić information content (AvgIpc) is 3.28. The van der Waals surface area contributed by atoms with Crippen LogP contribution in [0.5, 0.6) is 5.75 Å². The van der Waals surface area contributed by atoms with Crippen molar-refractivity contribution >= 4 is 23.1 Å². The molecule has 0 amide bonds. The van der Waals surface area contributed by atoms with Gasteiger partial charge in [-0.3, -0.25) is 4.90 Å². The molecule has 0 bridgehead atoms. The number of carbonyl (C=O) groups excluding carboxylic acids is 1. The topological polar surface area (TPSA) is 67.8 Å². The largest absolute Gasteiger partial charge is 0.497 e. The first-order valence-electron chi connectivity index (χ1n) is 10.4. The molecule has 0 unspecified atom stereocenters. The summed E-state index contributed by atoms with van der Waals surface area (Å²) in [5.41, 5.74) is 2.70. The van der Waals surface area contributed by atoms with Crippen LogP contribution in [0.15, 0.2) is 48.0 Å². The van der Waals surface area contributed by atoms with Crippen molar-refractivity contribution in [1.82, 2.24) is 14.9 Å². The number of aromatic nitrogens is 2. The molecular weight excluding hydrogens is 412 g/mol. The van der Waals surface area contributed by atoms with Gasteiger partial charge < -0.3 is 14.4 Å². The predicted octanol–water partition coefficient (Wildman–Crippen LogP) is 3.71. The fourth-order valence-corrected chi connectivity index (χ4v) is 4.34. The van der Waals surface area contributed by atoms with Crippen LogP contribution in [0.3, 0.4) is 0 Å². The molecule has 0 atom stereocenters. The number of hydrogen-bond donors (Lipinski definition) is 0. The van der Waals surface area contributed by atoms with E-state index < -0.39 is 0 Å². The van der Waals surface area contributed by atoms with Crippen LogP contribution >= 0.6 is 11.3 Å². The molecule has 0 saturated carbocycles. The van der Waals surface area contributed by atoms with Crippen molar-refractivity contribution in [3.63, 3.8) is 0 Å². The molecule has 0 radical (unpaired) electrons. The summed E-state index contributed by atoms with van der Waals surface area (Å²) in [5, 5.41) is 3.17. The van der Waals surface area contributed by atoms with Crippen molar-refractivity contribution in [2.75, 3.05) is 44.8 Å². The molecule has 1 aliphatic rings. The van der Waals surface area contributed by atoms with Gasteiger partial charge in [-0.15, -0.1) is 11.3 Å². The van der Waals surface area contributed by atoms with Crippen LogP contribution in [-0.2, 0) is 11.3 Å². The lowest BCUT2D eigenvalue weighted by molar-refractivity contribution is 0.0526. The van der Waals surface area contributed by atoms with E-state index in [1.54, 1.807) is 37.6 Å². The van der Waals surface area contributed by atoms with Crippen LogP contribution < -0.4 is 9.64 Å². The highest BCUT2D eigenvalue weighted by Crippen LogP contribution is 2.26. The number of esters is 1. The van der Waals surface area contributed by atoms with Crippen molar-refractivity contribution < 1.29 is 14.3 Å². The van der Waals surface area contributed by atoms with Gasteiger partial charge in [0.25, 0.3) is 0 Å². The minimum Gasteiger partial charge on any atom is -0.497 e. The minimum absolute atomic E-state index is 0.330. The van der Waals surface area contributed by atoms with Crippen LogP contribution in [0.25, 0.3) is 10.6 Å². The number of methoxy groups -OCH3 is 1. The summed E-state index contributed by atoms with van der Waals surface area (Å²) in [4.78, 5) is 25.7. The van der Waals surface area contributed by atoms with E-state index in [9.17, 15) is 4.79 Å². The Morgan fingerprint density at radius 1 is 1.10 bits per heavy atom. The first-order valence-corrected chi connectivity index (χ1v) is 11.2. The molecule has 0 N–H and O–H groups in total. The van der Waals surface area contributed by atoms with Crippen molar-refractivity contribution in [3.05, 3.63) is 59.2 Å². The molecule has 1 saturated heterocycles. The number of benzene rings is 1. The van der Waals surface area contributed by atoms with E-state index in [4.69, 9.17) is 14.5 Å². The molecule has 7 nitrogen and oxygen atoms in total. The van der Waals surface area contributed by atoms with Crippen LogP contribution in [0.1, 0.15) is 23.0 Å². The van der Waals surface area contributed by atoms with Crippen molar-refractivity contribution in [3.8, 4) is 16.3 Å². The van der Waals surface area contributed by atoms with E-state index in [-0.39, 0.29) is 5.97 Å². The molecule has 1 aliphatic heterocycles. The second kappa shape index (κ2) is 9.89. The van der Waals surface area contributed by atoms with E-state index in [2.05, 4.69) is 20.2 Å². The maximum Gasteiger partial charge on any atom is 0.339 e. The Balaban J connectivity index is 1.30. The summed E-state index contributed by atoms with van der Waals surface area (Å²) in [6.07, 6.45) is 1.59. The predicted molar refractivity (Wildman–Crippen MR) is 122 cm³/mol. The summed E-state index contributed by atoms with van der Waals surface area (Å²) >= 11 is 1.67. The van der Waals surface area contributed by atoms with Gasteiger partial charge >= 0.3 is 5.97 Å². The summed E-state index contributed by atoms with van der Waals surface area (Å²) in [5.74, 6) is 1.41. The number of carbonyl (C=O) groups is 1. The minimum atomic E-state index is -0.330. The molecule has 162 valence electrons. The molecule has 0 spiro atoms. The first-order chi connectivity index (χ1) is 15.2. The summed E-state index contributed by atoms with van der Waals surface area (Å²) in [7, 11) is 1.67. The van der Waals surface area contributed by atoms with E-state index in [0.29, 0.717) is 12.2 Å². The highest BCUT2D eigenvalue weighted by Gasteiger charge is 2.19. The van der Waals surface area contributed by atoms with Crippen molar-refractivity contribution in [2.45, 2.75) is 13.5 Å². The average molecular weight is 439 g/mol. The maximum absolute atomic E-state index is 11.8. The maximum atomic E-state index is 11.8. The Bertz CT molecular complexity index is 996. The Morgan fingerprint density at radius 2 is 1.87 bits per heavy atom. The zero-order chi connectivity index (χ0) is 21.6. The Kier molecular flexibility index (Phi) is 6.79. The molecule has 4 rings (SSSR count). The van der Waals surface area contributed by atoms with Gasteiger partial charge in [0, 0.05) is 49.9 Å². The fourth-order valence-electron chi connectivity index (χ4n) is 3.52. The Labute approximate surface area is 186 Å². The lowest BCUT2D eigenvalue weighted by Crippen LogP contribution is -2.46. The molecule has 8 heteroatoms.